The number of fused-ring (bicyclic) bond motifs is 3. The van der Waals surface area contributed by atoms with Crippen molar-refractivity contribution >= 4 is 17.4 Å². The van der Waals surface area contributed by atoms with Crippen LogP contribution in [0.4, 0.5) is 10.1 Å². The standard InChI is InChI=1S/C31H41FN4O4/c1-31(2)15-25-28(27(37)16-31)22-17-39-18-26(22)36(25)20-13-23(32)29(30(33)38)24(14-20)34-19-5-7-21(8-6-19)40-12-11-35-9-3-4-10-35/h13-14,19,21,34H,3-12,15-18H2,1-2H3,(H2,33,38). The number of carbonyl (C=O) groups is 2. The fourth-order valence-corrected chi connectivity index (χ4v) is 7.17. The van der Waals surface area contributed by atoms with E-state index < -0.39 is 11.7 Å². The van der Waals surface area contributed by atoms with Crippen LogP contribution in [-0.2, 0) is 29.1 Å². The Labute approximate surface area is 235 Å². The number of anilines is 1. The maximum Gasteiger partial charge on any atom is 0.253 e. The average Bonchev–Trinajstić information content (AvgIpc) is 3.62. The number of rotatable bonds is 8. The Morgan fingerprint density at radius 1 is 1.12 bits per heavy atom. The minimum atomic E-state index is -0.801. The minimum Gasteiger partial charge on any atom is -0.382 e. The van der Waals surface area contributed by atoms with Crippen LogP contribution >= 0.6 is 0 Å². The van der Waals surface area contributed by atoms with Gasteiger partial charge in [-0.2, -0.15) is 0 Å². The molecular formula is C31H41FN4O4. The molecule has 8 nitrogen and oxygen atoms in total. The quantitative estimate of drug-likeness (QED) is 0.491. The second-order valence-electron chi connectivity index (χ2n) is 12.8. The van der Waals surface area contributed by atoms with Crippen molar-refractivity contribution in [3.8, 4) is 5.69 Å². The number of halogens is 1. The van der Waals surface area contributed by atoms with E-state index in [1.807, 2.05) is 10.6 Å². The summed E-state index contributed by atoms with van der Waals surface area (Å²) in [6.07, 6.45) is 7.53. The van der Waals surface area contributed by atoms with Crippen molar-refractivity contribution in [2.24, 2.45) is 11.1 Å². The first-order valence-corrected chi connectivity index (χ1v) is 14.8. The summed E-state index contributed by atoms with van der Waals surface area (Å²) < 4.78 is 29.5. The van der Waals surface area contributed by atoms with Crippen LogP contribution in [0.25, 0.3) is 5.69 Å². The van der Waals surface area contributed by atoms with Crippen molar-refractivity contribution in [3.05, 3.63) is 46.0 Å². The third kappa shape index (κ3) is 5.31. The number of nitrogens with zero attached hydrogens (tertiary/aromatic N) is 2. The lowest BCUT2D eigenvalue weighted by molar-refractivity contribution is 0.0170. The molecule has 1 aromatic carbocycles. The fourth-order valence-electron chi connectivity index (χ4n) is 7.17. The van der Waals surface area contributed by atoms with E-state index in [1.54, 1.807) is 0 Å². The molecule has 0 atom stereocenters. The van der Waals surface area contributed by atoms with Crippen molar-refractivity contribution in [1.82, 2.24) is 9.47 Å². The predicted octanol–water partition coefficient (Wildman–Crippen LogP) is 4.74. The molecule has 2 aromatic rings. The molecule has 0 bridgehead atoms. The Morgan fingerprint density at radius 3 is 2.60 bits per heavy atom. The Morgan fingerprint density at radius 2 is 1.88 bits per heavy atom. The van der Waals surface area contributed by atoms with Crippen molar-refractivity contribution in [2.45, 2.75) is 90.6 Å². The van der Waals surface area contributed by atoms with Crippen LogP contribution in [0, 0.1) is 11.2 Å². The van der Waals surface area contributed by atoms with E-state index >= 15 is 4.39 Å². The highest BCUT2D eigenvalue weighted by Crippen LogP contribution is 2.43. The summed E-state index contributed by atoms with van der Waals surface area (Å²) in [5, 5.41) is 3.45. The number of hydrogen-bond donors (Lipinski definition) is 2. The van der Waals surface area contributed by atoms with Gasteiger partial charge in [-0.3, -0.25) is 9.59 Å². The number of primary amides is 1. The number of Topliss-reactive ketones (excluding diaryl/α,β-unsaturated/α-hetero) is 1. The number of nitrogens with one attached hydrogen (secondary N) is 1. The van der Waals surface area contributed by atoms with Gasteiger partial charge in [-0.15, -0.1) is 0 Å². The topological polar surface area (TPSA) is 98.8 Å². The summed E-state index contributed by atoms with van der Waals surface area (Å²) in [6.45, 7) is 9.02. The second kappa shape index (κ2) is 10.9. The number of amides is 1. The first-order chi connectivity index (χ1) is 19.2. The Kier molecular flexibility index (Phi) is 7.48. The number of benzene rings is 1. The first kappa shape index (κ1) is 27.4. The van der Waals surface area contributed by atoms with Crippen LogP contribution in [0.1, 0.15) is 96.5 Å². The van der Waals surface area contributed by atoms with Gasteiger partial charge in [-0.1, -0.05) is 13.8 Å². The molecule has 1 amide bonds. The van der Waals surface area contributed by atoms with Crippen LogP contribution in [0.2, 0.25) is 0 Å². The number of ether oxygens (including phenoxy) is 2. The van der Waals surface area contributed by atoms with E-state index in [2.05, 4.69) is 24.1 Å². The summed E-state index contributed by atoms with van der Waals surface area (Å²) in [4.78, 5) is 28.0. The molecule has 0 radical (unpaired) electrons. The zero-order valence-electron chi connectivity index (χ0n) is 23.7. The van der Waals surface area contributed by atoms with Crippen molar-refractivity contribution in [1.29, 1.82) is 0 Å². The van der Waals surface area contributed by atoms with E-state index in [-0.39, 0.29) is 28.9 Å². The normalized spacial score (nSPS) is 24.2. The first-order valence-electron chi connectivity index (χ1n) is 14.8. The lowest BCUT2D eigenvalue weighted by Gasteiger charge is -2.31. The molecule has 0 unspecified atom stereocenters. The molecule has 4 aliphatic rings. The van der Waals surface area contributed by atoms with E-state index in [9.17, 15) is 9.59 Å². The molecule has 1 saturated carbocycles. The van der Waals surface area contributed by atoms with Gasteiger partial charge in [0.05, 0.1) is 48.6 Å². The number of nitrogens with two attached hydrogens (primary N) is 1. The molecule has 6 rings (SSSR count). The number of likely N-dealkylation sites (tertiary alicyclic amines) is 1. The van der Waals surface area contributed by atoms with Gasteiger partial charge in [-0.05, 0) is 75.6 Å². The maximum absolute atomic E-state index is 15.6. The van der Waals surface area contributed by atoms with Crippen molar-refractivity contribution < 1.29 is 23.5 Å². The molecule has 1 saturated heterocycles. The third-order valence-electron chi connectivity index (χ3n) is 9.10. The molecule has 3 N–H and O–H groups in total. The average molecular weight is 553 g/mol. The van der Waals surface area contributed by atoms with E-state index in [4.69, 9.17) is 15.2 Å². The van der Waals surface area contributed by atoms with E-state index in [0.717, 1.165) is 61.3 Å². The summed E-state index contributed by atoms with van der Waals surface area (Å²) in [5.41, 5.74) is 9.74. The third-order valence-corrected chi connectivity index (χ3v) is 9.10. The van der Waals surface area contributed by atoms with Crippen LogP contribution in [0.5, 0.6) is 0 Å². The molecule has 2 fully saturated rings. The summed E-state index contributed by atoms with van der Waals surface area (Å²) >= 11 is 0. The summed E-state index contributed by atoms with van der Waals surface area (Å²) in [6, 6.07) is 3.26. The van der Waals surface area contributed by atoms with E-state index in [0.29, 0.717) is 37.4 Å². The van der Waals surface area contributed by atoms with Crippen molar-refractivity contribution in [3.63, 3.8) is 0 Å². The van der Waals surface area contributed by atoms with Crippen LogP contribution in [-0.4, -0.2) is 59.5 Å². The van der Waals surface area contributed by atoms with Gasteiger partial charge in [-0.25, -0.2) is 4.39 Å². The van der Waals surface area contributed by atoms with Gasteiger partial charge >= 0.3 is 0 Å². The lowest BCUT2D eigenvalue weighted by atomic mass is 9.75. The highest BCUT2D eigenvalue weighted by molar-refractivity contribution is 6.01. The molecule has 2 aliphatic heterocycles. The number of carbonyl (C=O) groups excluding carboxylic acids is 2. The highest BCUT2D eigenvalue weighted by atomic mass is 19.1. The predicted molar refractivity (Wildman–Crippen MR) is 150 cm³/mol. The Bertz CT molecular complexity index is 1310. The van der Waals surface area contributed by atoms with Crippen LogP contribution in [0.3, 0.4) is 0 Å². The molecule has 216 valence electrons. The molecular weight excluding hydrogens is 511 g/mol. The van der Waals surface area contributed by atoms with Gasteiger partial charge in [0.2, 0.25) is 0 Å². The lowest BCUT2D eigenvalue weighted by Crippen LogP contribution is -2.32. The number of hydrogen-bond acceptors (Lipinski definition) is 6. The van der Waals surface area contributed by atoms with Crippen LogP contribution < -0.4 is 11.1 Å². The monoisotopic (exact) mass is 552 g/mol. The van der Waals surface area contributed by atoms with Crippen molar-refractivity contribution in [2.75, 3.05) is 31.6 Å². The van der Waals surface area contributed by atoms with E-state index in [1.165, 1.54) is 32.0 Å². The summed E-state index contributed by atoms with van der Waals surface area (Å²) in [5.74, 6) is -1.36. The molecule has 3 heterocycles. The zero-order valence-corrected chi connectivity index (χ0v) is 23.7. The summed E-state index contributed by atoms with van der Waals surface area (Å²) in [7, 11) is 0. The minimum absolute atomic E-state index is 0.0827. The highest BCUT2D eigenvalue weighted by Gasteiger charge is 2.39. The van der Waals surface area contributed by atoms with Crippen LogP contribution in [0.15, 0.2) is 12.1 Å². The number of ketones is 1. The van der Waals surface area contributed by atoms with Gasteiger partial charge in [0.25, 0.3) is 5.91 Å². The smallest absolute Gasteiger partial charge is 0.253 e. The van der Waals surface area contributed by atoms with Gasteiger partial charge in [0, 0.05) is 35.8 Å². The molecule has 2 aliphatic carbocycles. The number of aromatic nitrogens is 1. The second-order valence-corrected chi connectivity index (χ2v) is 12.8. The Hall–Kier alpha value is -2.75. The fraction of sp³-hybridized carbons (Fsp3) is 0.613. The maximum atomic E-state index is 15.6. The Balaban J connectivity index is 1.23. The SMILES string of the molecule is CC1(C)CC(=O)c2c3c(n(-c4cc(F)c(C(N)=O)c(NC5CCC(OCCN6CCCC6)CC5)c4)c2C1)COC3. The zero-order chi connectivity index (χ0) is 28.0. The largest absolute Gasteiger partial charge is 0.382 e. The van der Waals surface area contributed by atoms with Gasteiger partial charge < -0.3 is 30.0 Å². The molecule has 40 heavy (non-hydrogen) atoms. The van der Waals surface area contributed by atoms with Gasteiger partial charge in [0.1, 0.15) is 5.82 Å². The van der Waals surface area contributed by atoms with Gasteiger partial charge in [0.15, 0.2) is 5.78 Å². The molecule has 0 spiro atoms. The molecule has 9 heteroatoms. The molecule has 1 aromatic heterocycles.